The third-order valence-corrected chi connectivity index (χ3v) is 5.48. The first kappa shape index (κ1) is 22.3. The number of ether oxygens (including phenoxy) is 1. The van der Waals surface area contributed by atoms with Crippen LogP contribution in [-0.4, -0.2) is 73.2 Å². The third-order valence-electron chi connectivity index (χ3n) is 5.48. The molecule has 2 aliphatic rings. The van der Waals surface area contributed by atoms with Crippen molar-refractivity contribution in [2.24, 2.45) is 0 Å². The van der Waals surface area contributed by atoms with Crippen LogP contribution in [0, 0.1) is 0 Å². The van der Waals surface area contributed by atoms with Crippen molar-refractivity contribution in [2.75, 3.05) is 24.5 Å². The fourth-order valence-corrected chi connectivity index (χ4v) is 3.48. The lowest BCUT2D eigenvalue weighted by Crippen LogP contribution is -2.59. The quantitative estimate of drug-likeness (QED) is 0.762. The van der Waals surface area contributed by atoms with E-state index < -0.39 is 29.7 Å². The molecule has 2 aliphatic heterocycles. The molecule has 1 N–H and O–H groups in total. The summed E-state index contributed by atoms with van der Waals surface area (Å²) in [6.45, 7) is 8.01. The second-order valence-electron chi connectivity index (χ2n) is 9.14. The number of halogens is 3. The number of nitrogens with zero attached hydrogens (tertiary/aromatic N) is 6. The number of carbonyl (C=O) groups excluding carboxylic acids is 1. The molecule has 12 heteroatoms. The summed E-state index contributed by atoms with van der Waals surface area (Å²) < 4.78 is 47.2. The lowest BCUT2D eigenvalue weighted by Gasteiger charge is -2.43. The maximum atomic E-state index is 13.4. The summed E-state index contributed by atoms with van der Waals surface area (Å²) in [5.41, 5.74) is -1.15. The minimum Gasteiger partial charge on any atom is -0.444 e. The number of β-amino-alcohol motifs (C(OH)–C–C–N with tert-alkyl or cyclic N) is 1. The molecule has 0 saturated carbocycles. The predicted molar refractivity (Wildman–Crippen MR) is 108 cm³/mol. The van der Waals surface area contributed by atoms with Crippen molar-refractivity contribution in [1.29, 1.82) is 0 Å². The molecule has 2 atom stereocenters. The van der Waals surface area contributed by atoms with Gasteiger partial charge in [0.2, 0.25) is 5.95 Å². The summed E-state index contributed by atoms with van der Waals surface area (Å²) in [5.74, 6) is -0.0832. The zero-order valence-electron chi connectivity index (χ0n) is 18.2. The van der Waals surface area contributed by atoms with Gasteiger partial charge in [-0.05, 0) is 33.8 Å². The molecule has 1 amide bonds. The van der Waals surface area contributed by atoms with E-state index in [4.69, 9.17) is 4.74 Å². The molecule has 2 fully saturated rings. The number of rotatable bonds is 3. The first-order valence-electron chi connectivity index (χ1n) is 10.3. The van der Waals surface area contributed by atoms with Gasteiger partial charge in [0.05, 0.1) is 30.1 Å². The molecule has 0 spiro atoms. The fourth-order valence-electron chi connectivity index (χ4n) is 3.48. The van der Waals surface area contributed by atoms with Gasteiger partial charge in [-0.2, -0.15) is 18.3 Å². The lowest BCUT2D eigenvalue weighted by molar-refractivity contribution is -0.141. The van der Waals surface area contributed by atoms with E-state index in [1.165, 1.54) is 11.1 Å². The molecule has 0 radical (unpaired) electrons. The topological polar surface area (TPSA) is 96.6 Å². The van der Waals surface area contributed by atoms with Crippen LogP contribution in [0.3, 0.4) is 0 Å². The molecule has 174 valence electrons. The summed E-state index contributed by atoms with van der Waals surface area (Å²) in [6, 6.07) is 0.410. The van der Waals surface area contributed by atoms with Gasteiger partial charge in [0, 0.05) is 31.4 Å². The molecule has 0 aliphatic carbocycles. The van der Waals surface area contributed by atoms with Crippen LogP contribution in [0.2, 0.25) is 0 Å². The van der Waals surface area contributed by atoms with E-state index in [9.17, 15) is 23.1 Å². The first-order chi connectivity index (χ1) is 14.8. The summed E-state index contributed by atoms with van der Waals surface area (Å²) in [6.07, 6.45) is -2.64. The number of likely N-dealkylation sites (tertiary alicyclic amines) is 1. The maximum absolute atomic E-state index is 13.4. The Balaban J connectivity index is 1.52. The van der Waals surface area contributed by atoms with Gasteiger partial charge in [0.15, 0.2) is 5.69 Å². The van der Waals surface area contributed by atoms with Crippen molar-refractivity contribution >= 4 is 12.0 Å². The number of aromatic nitrogens is 4. The number of hydrogen-bond donors (Lipinski definition) is 1. The van der Waals surface area contributed by atoms with Gasteiger partial charge in [0.1, 0.15) is 5.60 Å². The Morgan fingerprint density at radius 1 is 1.19 bits per heavy atom. The zero-order valence-corrected chi connectivity index (χ0v) is 18.2. The molecule has 0 bridgehead atoms. The highest BCUT2D eigenvalue weighted by Crippen LogP contribution is 2.34. The number of alkyl halides is 3. The molecule has 2 saturated heterocycles. The molecule has 2 aromatic heterocycles. The average Bonchev–Trinajstić information content (AvgIpc) is 3.11. The van der Waals surface area contributed by atoms with E-state index in [-0.39, 0.29) is 30.3 Å². The Morgan fingerprint density at radius 3 is 2.44 bits per heavy atom. The molecular formula is C20H25F3N6O3. The molecule has 32 heavy (non-hydrogen) atoms. The van der Waals surface area contributed by atoms with Crippen LogP contribution in [0.1, 0.15) is 39.4 Å². The third kappa shape index (κ3) is 4.36. The van der Waals surface area contributed by atoms with Crippen LogP contribution in [-0.2, 0) is 10.9 Å². The lowest BCUT2D eigenvalue weighted by atomic mass is 10.0. The number of aliphatic hydroxyl groups is 1. The molecule has 0 aromatic carbocycles. The van der Waals surface area contributed by atoms with Gasteiger partial charge in [-0.1, -0.05) is 0 Å². The van der Waals surface area contributed by atoms with Crippen LogP contribution >= 0.6 is 0 Å². The molecule has 4 rings (SSSR count). The van der Waals surface area contributed by atoms with Crippen LogP contribution in [0.15, 0.2) is 18.5 Å². The van der Waals surface area contributed by atoms with Gasteiger partial charge in [-0.25, -0.2) is 14.8 Å². The minimum absolute atomic E-state index is 0.0832. The normalized spacial score (nSPS) is 21.9. The van der Waals surface area contributed by atoms with Crippen molar-refractivity contribution < 1.29 is 27.8 Å². The van der Waals surface area contributed by atoms with E-state index in [2.05, 4.69) is 15.1 Å². The Kier molecular flexibility index (Phi) is 5.30. The van der Waals surface area contributed by atoms with E-state index in [0.717, 1.165) is 6.07 Å². The highest BCUT2D eigenvalue weighted by molar-refractivity contribution is 5.69. The standard InChI is InChI=1S/C20H25F3N6O3/c1-11-15(30)10-28(11)17-25-14(5-16(26-17)20(21,22)23)12-6-24-29(7-12)13-8-27(9-13)18(31)32-19(2,3)4/h5-7,11,13,15,30H,8-10H2,1-4H3/t11-,15+/m0/s1. The monoisotopic (exact) mass is 454 g/mol. The molecular weight excluding hydrogens is 429 g/mol. The summed E-state index contributed by atoms with van der Waals surface area (Å²) in [5, 5.41) is 14.0. The first-order valence-corrected chi connectivity index (χ1v) is 10.3. The van der Waals surface area contributed by atoms with Crippen LogP contribution in [0.5, 0.6) is 0 Å². The molecule has 2 aromatic rings. The van der Waals surface area contributed by atoms with Gasteiger partial charge < -0.3 is 19.6 Å². The average molecular weight is 454 g/mol. The van der Waals surface area contributed by atoms with Crippen molar-refractivity contribution in [3.63, 3.8) is 0 Å². The number of hydrogen-bond acceptors (Lipinski definition) is 7. The van der Waals surface area contributed by atoms with E-state index in [1.54, 1.807) is 43.5 Å². The van der Waals surface area contributed by atoms with Gasteiger partial charge in [-0.15, -0.1) is 0 Å². The van der Waals surface area contributed by atoms with Gasteiger partial charge in [0.25, 0.3) is 0 Å². The number of carbonyl (C=O) groups is 1. The Labute approximate surface area is 182 Å². The van der Waals surface area contributed by atoms with Crippen molar-refractivity contribution in [1.82, 2.24) is 24.6 Å². The van der Waals surface area contributed by atoms with Gasteiger partial charge in [-0.3, -0.25) is 4.68 Å². The Hall–Kier alpha value is -2.89. The molecule has 4 heterocycles. The highest BCUT2D eigenvalue weighted by Gasteiger charge is 2.39. The van der Waals surface area contributed by atoms with E-state index in [0.29, 0.717) is 18.7 Å². The number of aliphatic hydroxyl groups excluding tert-OH is 1. The zero-order chi connectivity index (χ0) is 23.4. The maximum Gasteiger partial charge on any atom is 0.433 e. The summed E-state index contributed by atoms with van der Waals surface area (Å²) >= 11 is 0. The number of anilines is 1. The predicted octanol–water partition coefficient (Wildman–Crippen LogP) is 2.72. The Bertz CT molecular complexity index is 1010. The largest absolute Gasteiger partial charge is 0.444 e. The summed E-state index contributed by atoms with van der Waals surface area (Å²) in [7, 11) is 0. The summed E-state index contributed by atoms with van der Waals surface area (Å²) in [4.78, 5) is 23.1. The van der Waals surface area contributed by atoms with Crippen molar-refractivity contribution in [3.8, 4) is 11.3 Å². The van der Waals surface area contributed by atoms with Gasteiger partial charge >= 0.3 is 12.3 Å². The molecule has 0 unspecified atom stereocenters. The van der Waals surface area contributed by atoms with E-state index in [1.807, 2.05) is 0 Å². The fraction of sp³-hybridized carbons (Fsp3) is 0.600. The smallest absolute Gasteiger partial charge is 0.433 e. The SMILES string of the molecule is C[C@H]1[C@H](O)CN1c1nc(-c2cnn(C3CN(C(=O)OC(C)(C)C)C3)c2)cc(C(F)(F)F)n1. The second kappa shape index (κ2) is 7.61. The van der Waals surface area contributed by atoms with Crippen molar-refractivity contribution in [2.45, 2.75) is 57.7 Å². The van der Waals surface area contributed by atoms with E-state index >= 15 is 0 Å². The van der Waals surface area contributed by atoms with Crippen LogP contribution in [0.25, 0.3) is 11.3 Å². The second-order valence-corrected chi connectivity index (χ2v) is 9.14. The van der Waals surface area contributed by atoms with Crippen LogP contribution in [0.4, 0.5) is 23.9 Å². The van der Waals surface area contributed by atoms with Crippen molar-refractivity contribution in [3.05, 3.63) is 24.2 Å². The highest BCUT2D eigenvalue weighted by atomic mass is 19.4. The van der Waals surface area contributed by atoms with Crippen LogP contribution < -0.4 is 4.90 Å². The Morgan fingerprint density at radius 2 is 1.88 bits per heavy atom. The minimum atomic E-state index is -4.64. The molecule has 9 nitrogen and oxygen atoms in total. The number of amides is 1.